The monoisotopic (exact) mass is 409 g/mol. The van der Waals surface area contributed by atoms with Crippen molar-refractivity contribution in [1.82, 2.24) is 4.90 Å². The van der Waals surface area contributed by atoms with Crippen LogP contribution < -0.4 is 4.74 Å². The molecule has 1 N–H and O–H groups in total. The quantitative estimate of drug-likeness (QED) is 0.752. The van der Waals surface area contributed by atoms with Crippen molar-refractivity contribution in [3.63, 3.8) is 0 Å². The van der Waals surface area contributed by atoms with Gasteiger partial charge >= 0.3 is 12.1 Å². The third kappa shape index (κ3) is 4.90. The minimum Gasteiger partial charge on any atom is -0.494 e. The zero-order valence-electron chi connectivity index (χ0n) is 16.7. The van der Waals surface area contributed by atoms with Crippen molar-refractivity contribution in [2.75, 3.05) is 19.7 Å². The van der Waals surface area contributed by atoms with Crippen LogP contribution in [-0.4, -0.2) is 47.4 Å². The Morgan fingerprint density at radius 1 is 1.29 bits per heavy atom. The van der Waals surface area contributed by atoms with Crippen LogP contribution in [-0.2, 0) is 4.74 Å². The molecule has 2 fully saturated rings. The van der Waals surface area contributed by atoms with Gasteiger partial charge in [0.15, 0.2) is 0 Å². The van der Waals surface area contributed by atoms with Gasteiger partial charge in [0.25, 0.3) is 0 Å². The molecule has 1 amide bonds. The first kappa shape index (κ1) is 20.8. The topological polar surface area (TPSA) is 76.1 Å². The molecule has 6 nitrogen and oxygen atoms in total. The highest BCUT2D eigenvalue weighted by atomic mass is 35.5. The summed E-state index contributed by atoms with van der Waals surface area (Å²) in [6.45, 7) is 7.73. The number of rotatable bonds is 5. The van der Waals surface area contributed by atoms with E-state index >= 15 is 0 Å². The lowest BCUT2D eigenvalue weighted by Crippen LogP contribution is -2.42. The molecule has 154 valence electrons. The Bertz CT molecular complexity index is 750. The number of halogens is 1. The summed E-state index contributed by atoms with van der Waals surface area (Å²) in [4.78, 5) is 25.0. The van der Waals surface area contributed by atoms with Crippen LogP contribution in [0.15, 0.2) is 18.2 Å². The lowest BCUT2D eigenvalue weighted by molar-refractivity contribution is 0.0163. The summed E-state index contributed by atoms with van der Waals surface area (Å²) >= 11 is 5.97. The van der Waals surface area contributed by atoms with Crippen molar-refractivity contribution in [1.29, 1.82) is 0 Å². The van der Waals surface area contributed by atoms with Gasteiger partial charge in [0, 0.05) is 13.1 Å². The standard InChI is InChI=1S/C21H28ClNO5/c1-20(2,3)28-19(26)23-9-7-21(8-10-23)13-14(21)6-11-27-15-4-5-16(18(24)25)17(22)12-15/h4-5,12,14H,6-11,13H2,1-3H3,(H,24,25). The molecular formula is C21H28ClNO5. The lowest BCUT2D eigenvalue weighted by atomic mass is 9.90. The third-order valence-corrected chi connectivity index (χ3v) is 5.99. The van der Waals surface area contributed by atoms with E-state index in [0.717, 1.165) is 32.4 Å². The predicted molar refractivity (Wildman–Crippen MR) is 106 cm³/mol. The Kier molecular flexibility index (Phi) is 5.80. The smallest absolute Gasteiger partial charge is 0.410 e. The fourth-order valence-electron chi connectivity index (χ4n) is 3.99. The molecule has 1 aliphatic heterocycles. The van der Waals surface area contributed by atoms with Gasteiger partial charge in [-0.25, -0.2) is 9.59 Å². The number of hydrogen-bond donors (Lipinski definition) is 1. The average Bonchev–Trinajstić information content (AvgIpc) is 3.25. The Morgan fingerprint density at radius 2 is 1.96 bits per heavy atom. The van der Waals surface area contributed by atoms with Crippen molar-refractivity contribution in [3.8, 4) is 5.75 Å². The number of carbonyl (C=O) groups excluding carboxylic acids is 1. The van der Waals surface area contributed by atoms with E-state index in [9.17, 15) is 9.59 Å². The van der Waals surface area contributed by atoms with E-state index in [1.165, 1.54) is 12.5 Å². The summed E-state index contributed by atoms with van der Waals surface area (Å²) in [6.07, 6.45) is 3.93. The fraction of sp³-hybridized carbons (Fsp3) is 0.619. The minimum atomic E-state index is -1.05. The minimum absolute atomic E-state index is 0.0758. The van der Waals surface area contributed by atoms with Gasteiger partial charge in [-0.3, -0.25) is 0 Å². The molecule has 1 saturated heterocycles. The number of piperidine rings is 1. The largest absolute Gasteiger partial charge is 0.494 e. The number of carboxylic acid groups (broad SMARTS) is 1. The van der Waals surface area contributed by atoms with Crippen molar-refractivity contribution in [3.05, 3.63) is 28.8 Å². The first-order valence-electron chi connectivity index (χ1n) is 9.73. The highest BCUT2D eigenvalue weighted by molar-refractivity contribution is 6.33. The van der Waals surface area contributed by atoms with Gasteiger partial charge in [0.1, 0.15) is 11.4 Å². The van der Waals surface area contributed by atoms with Gasteiger partial charge in [0.05, 0.1) is 17.2 Å². The molecule has 7 heteroatoms. The Balaban J connectivity index is 1.41. The van der Waals surface area contributed by atoms with Crippen LogP contribution in [0.3, 0.4) is 0 Å². The van der Waals surface area contributed by atoms with E-state index in [2.05, 4.69) is 0 Å². The van der Waals surface area contributed by atoms with Gasteiger partial charge < -0.3 is 19.5 Å². The van der Waals surface area contributed by atoms with Crippen LogP contribution in [0.5, 0.6) is 5.75 Å². The molecule has 0 bridgehead atoms. The molecule has 0 aromatic heterocycles. The number of aromatic carboxylic acids is 1. The number of nitrogens with zero attached hydrogens (tertiary/aromatic N) is 1. The van der Waals surface area contributed by atoms with Crippen molar-refractivity contribution in [2.24, 2.45) is 11.3 Å². The maximum atomic E-state index is 12.2. The van der Waals surface area contributed by atoms with Crippen LogP contribution in [0.1, 0.15) is 56.8 Å². The van der Waals surface area contributed by atoms with E-state index < -0.39 is 11.6 Å². The summed E-state index contributed by atoms with van der Waals surface area (Å²) in [6, 6.07) is 4.65. The van der Waals surface area contributed by atoms with Crippen LogP contribution in [0, 0.1) is 11.3 Å². The molecule has 0 radical (unpaired) electrons. The normalized spacial score (nSPS) is 20.7. The number of benzene rings is 1. The molecule has 1 atom stereocenters. The first-order valence-corrected chi connectivity index (χ1v) is 10.1. The second-order valence-electron chi connectivity index (χ2n) is 8.81. The second-order valence-corrected chi connectivity index (χ2v) is 9.22. The number of ether oxygens (including phenoxy) is 2. The molecule has 1 aromatic rings. The molecule has 1 aliphatic carbocycles. The van der Waals surface area contributed by atoms with E-state index in [4.69, 9.17) is 26.2 Å². The van der Waals surface area contributed by atoms with Crippen LogP contribution in [0.2, 0.25) is 5.02 Å². The summed E-state index contributed by atoms with van der Waals surface area (Å²) in [7, 11) is 0. The number of hydrogen-bond acceptors (Lipinski definition) is 4. The molecule has 28 heavy (non-hydrogen) atoms. The zero-order valence-corrected chi connectivity index (χ0v) is 17.4. The average molecular weight is 410 g/mol. The molecule has 1 spiro atoms. The van der Waals surface area contributed by atoms with Gasteiger partial charge in [-0.05, 0) is 76.0 Å². The highest BCUT2D eigenvalue weighted by Crippen LogP contribution is 2.60. The number of amides is 1. The van der Waals surface area contributed by atoms with E-state index in [0.29, 0.717) is 23.7 Å². The molecule has 1 heterocycles. The lowest BCUT2D eigenvalue weighted by Gasteiger charge is -2.34. The van der Waals surface area contributed by atoms with Crippen molar-refractivity contribution >= 4 is 23.7 Å². The van der Waals surface area contributed by atoms with Gasteiger partial charge in [-0.1, -0.05) is 11.6 Å². The second kappa shape index (κ2) is 7.82. The van der Waals surface area contributed by atoms with Gasteiger partial charge in [-0.15, -0.1) is 0 Å². The summed E-state index contributed by atoms with van der Waals surface area (Å²) in [5.41, 5.74) is -0.0453. The number of carboxylic acids is 1. The fourth-order valence-corrected chi connectivity index (χ4v) is 4.24. The molecule has 3 rings (SSSR count). The summed E-state index contributed by atoms with van der Waals surface area (Å²) in [5, 5.41) is 9.19. The maximum Gasteiger partial charge on any atom is 0.410 e. The first-order chi connectivity index (χ1) is 13.1. The molecular weight excluding hydrogens is 382 g/mol. The summed E-state index contributed by atoms with van der Waals surface area (Å²) < 4.78 is 11.2. The predicted octanol–water partition coefficient (Wildman–Crippen LogP) is 4.84. The van der Waals surface area contributed by atoms with E-state index in [1.54, 1.807) is 12.1 Å². The Hall–Kier alpha value is -1.95. The number of likely N-dealkylation sites (tertiary alicyclic amines) is 1. The van der Waals surface area contributed by atoms with Crippen molar-refractivity contribution in [2.45, 2.75) is 52.1 Å². The zero-order chi connectivity index (χ0) is 20.5. The van der Waals surface area contributed by atoms with Crippen LogP contribution >= 0.6 is 11.6 Å². The van der Waals surface area contributed by atoms with Crippen LogP contribution in [0.25, 0.3) is 0 Å². The molecule has 1 unspecified atom stereocenters. The Morgan fingerprint density at radius 3 is 2.54 bits per heavy atom. The third-order valence-electron chi connectivity index (χ3n) is 5.68. The maximum absolute atomic E-state index is 12.2. The van der Waals surface area contributed by atoms with Crippen LogP contribution in [0.4, 0.5) is 4.79 Å². The van der Waals surface area contributed by atoms with Crippen molar-refractivity contribution < 1.29 is 24.2 Å². The van der Waals surface area contributed by atoms with Gasteiger partial charge in [-0.2, -0.15) is 0 Å². The van der Waals surface area contributed by atoms with Gasteiger partial charge in [0.2, 0.25) is 0 Å². The number of carbonyl (C=O) groups is 2. The molecule has 2 aliphatic rings. The summed E-state index contributed by atoms with van der Waals surface area (Å²) in [5.74, 6) is 0.153. The SMILES string of the molecule is CC(C)(C)OC(=O)N1CCC2(CC1)CC2CCOc1ccc(C(=O)O)c(Cl)c1. The van der Waals surface area contributed by atoms with E-state index in [-0.39, 0.29) is 16.7 Å². The van der Waals surface area contributed by atoms with E-state index in [1.807, 2.05) is 25.7 Å². The highest BCUT2D eigenvalue weighted by Gasteiger charge is 2.54. The molecule has 1 saturated carbocycles. The Labute approximate surface area is 170 Å². The molecule has 1 aromatic carbocycles.